The summed E-state index contributed by atoms with van der Waals surface area (Å²) in [4.78, 5) is 4.57. The van der Waals surface area contributed by atoms with Crippen molar-refractivity contribution in [2.24, 2.45) is 0 Å². The van der Waals surface area contributed by atoms with Gasteiger partial charge >= 0.3 is 0 Å². The van der Waals surface area contributed by atoms with E-state index in [1.807, 2.05) is 25.3 Å². The Morgan fingerprint density at radius 1 is 1.29 bits per heavy atom. The quantitative estimate of drug-likeness (QED) is 0.915. The van der Waals surface area contributed by atoms with Crippen LogP contribution in [0.1, 0.15) is 31.4 Å². The van der Waals surface area contributed by atoms with E-state index in [1.165, 1.54) is 0 Å². The number of anilines is 1. The molecule has 112 valence electrons. The minimum atomic E-state index is -0.155. The molecule has 2 N–H and O–H groups in total. The predicted molar refractivity (Wildman–Crippen MR) is 83.0 cm³/mol. The van der Waals surface area contributed by atoms with Crippen LogP contribution in [0.15, 0.2) is 24.4 Å². The van der Waals surface area contributed by atoms with E-state index in [9.17, 15) is 5.11 Å². The third-order valence-corrected chi connectivity index (χ3v) is 4.00. The lowest BCUT2D eigenvalue weighted by Gasteiger charge is -2.26. The molecule has 1 fully saturated rings. The van der Waals surface area contributed by atoms with Gasteiger partial charge in [0.15, 0.2) is 5.82 Å². The number of rotatable bonds is 3. The van der Waals surface area contributed by atoms with Crippen LogP contribution in [0.4, 0.5) is 5.82 Å². The first kappa shape index (κ1) is 14.4. The summed E-state index contributed by atoms with van der Waals surface area (Å²) >= 11 is 6.19. The van der Waals surface area contributed by atoms with Gasteiger partial charge in [-0.3, -0.25) is 0 Å². The molecule has 2 aromatic heterocycles. The van der Waals surface area contributed by atoms with E-state index in [1.54, 1.807) is 10.7 Å². The zero-order chi connectivity index (χ0) is 14.8. The Kier molecular flexibility index (Phi) is 4.12. The smallest absolute Gasteiger partial charge is 0.157 e. The summed E-state index contributed by atoms with van der Waals surface area (Å²) < 4.78 is 1.72. The number of aliphatic hydroxyl groups is 1. The molecule has 0 aliphatic heterocycles. The van der Waals surface area contributed by atoms with Crippen molar-refractivity contribution in [3.8, 4) is 5.82 Å². The highest BCUT2D eigenvalue weighted by molar-refractivity contribution is 6.30. The first-order valence-corrected chi connectivity index (χ1v) is 7.63. The van der Waals surface area contributed by atoms with Crippen molar-refractivity contribution in [2.75, 3.05) is 5.32 Å². The standard InChI is InChI=1S/C15H19ClN4O/c1-10-6-7-20(19-10)15-9-11(16)8-14(18-15)17-12-2-4-13(21)5-3-12/h6-9,12-13,21H,2-5H2,1H3,(H,17,18). The number of nitrogens with one attached hydrogen (secondary N) is 1. The lowest BCUT2D eigenvalue weighted by Crippen LogP contribution is -2.28. The van der Waals surface area contributed by atoms with Crippen molar-refractivity contribution < 1.29 is 5.11 Å². The van der Waals surface area contributed by atoms with Crippen molar-refractivity contribution in [1.29, 1.82) is 0 Å². The van der Waals surface area contributed by atoms with Crippen LogP contribution in [0.5, 0.6) is 0 Å². The summed E-state index contributed by atoms with van der Waals surface area (Å²) in [5.74, 6) is 1.46. The molecule has 0 aromatic carbocycles. The Labute approximate surface area is 129 Å². The molecule has 1 aliphatic carbocycles. The molecule has 0 unspecified atom stereocenters. The van der Waals surface area contributed by atoms with E-state index in [2.05, 4.69) is 15.4 Å². The highest BCUT2D eigenvalue weighted by atomic mass is 35.5. The van der Waals surface area contributed by atoms with E-state index in [0.29, 0.717) is 16.9 Å². The second-order valence-electron chi connectivity index (χ2n) is 5.58. The van der Waals surface area contributed by atoms with Crippen LogP contribution in [0.2, 0.25) is 5.02 Å². The maximum absolute atomic E-state index is 9.56. The summed E-state index contributed by atoms with van der Waals surface area (Å²) in [6.45, 7) is 1.94. The molecule has 5 nitrogen and oxygen atoms in total. The largest absolute Gasteiger partial charge is 0.393 e. The molecule has 2 heterocycles. The van der Waals surface area contributed by atoms with Gasteiger partial charge < -0.3 is 10.4 Å². The van der Waals surface area contributed by atoms with Crippen LogP contribution >= 0.6 is 11.6 Å². The number of halogens is 1. The molecule has 6 heteroatoms. The summed E-state index contributed by atoms with van der Waals surface area (Å²) in [7, 11) is 0. The van der Waals surface area contributed by atoms with Crippen LogP contribution < -0.4 is 5.32 Å². The Morgan fingerprint density at radius 2 is 2.05 bits per heavy atom. The van der Waals surface area contributed by atoms with Crippen molar-refractivity contribution in [2.45, 2.75) is 44.8 Å². The molecule has 0 amide bonds. The fraction of sp³-hybridized carbons (Fsp3) is 0.467. The predicted octanol–water partition coefficient (Wildman–Crippen LogP) is 2.94. The number of hydrogen-bond acceptors (Lipinski definition) is 4. The van der Waals surface area contributed by atoms with Gasteiger partial charge in [-0.1, -0.05) is 11.6 Å². The highest BCUT2D eigenvalue weighted by Gasteiger charge is 2.19. The Bertz CT molecular complexity index is 620. The third-order valence-electron chi connectivity index (χ3n) is 3.78. The highest BCUT2D eigenvalue weighted by Crippen LogP contribution is 2.24. The van der Waals surface area contributed by atoms with E-state index >= 15 is 0 Å². The average molecular weight is 307 g/mol. The van der Waals surface area contributed by atoms with Gasteiger partial charge in [-0.2, -0.15) is 5.10 Å². The molecule has 0 atom stereocenters. The van der Waals surface area contributed by atoms with Gasteiger partial charge in [-0.25, -0.2) is 9.67 Å². The van der Waals surface area contributed by atoms with Crippen molar-refractivity contribution in [3.05, 3.63) is 35.1 Å². The first-order chi connectivity index (χ1) is 10.1. The summed E-state index contributed by atoms with van der Waals surface area (Å²) in [6, 6.07) is 5.89. The average Bonchev–Trinajstić information content (AvgIpc) is 2.88. The van der Waals surface area contributed by atoms with Crippen LogP contribution in [-0.2, 0) is 0 Å². The maximum Gasteiger partial charge on any atom is 0.157 e. The van der Waals surface area contributed by atoms with Crippen molar-refractivity contribution in [3.63, 3.8) is 0 Å². The van der Waals surface area contributed by atoms with E-state index in [0.717, 1.165) is 37.2 Å². The second-order valence-corrected chi connectivity index (χ2v) is 6.02. The zero-order valence-corrected chi connectivity index (χ0v) is 12.7. The van der Waals surface area contributed by atoms with Crippen molar-refractivity contribution in [1.82, 2.24) is 14.8 Å². The van der Waals surface area contributed by atoms with Gasteiger partial charge in [0.25, 0.3) is 0 Å². The van der Waals surface area contributed by atoms with E-state index < -0.39 is 0 Å². The first-order valence-electron chi connectivity index (χ1n) is 7.25. The lowest BCUT2D eigenvalue weighted by molar-refractivity contribution is 0.126. The number of aliphatic hydroxyl groups excluding tert-OH is 1. The Morgan fingerprint density at radius 3 is 2.71 bits per heavy atom. The molecule has 2 aromatic rings. The number of aryl methyl sites for hydroxylation is 1. The van der Waals surface area contributed by atoms with E-state index in [4.69, 9.17) is 11.6 Å². The van der Waals surface area contributed by atoms with Gasteiger partial charge in [-0.15, -0.1) is 0 Å². The fourth-order valence-corrected chi connectivity index (χ4v) is 2.85. The number of aromatic nitrogens is 3. The molecule has 1 saturated carbocycles. The number of pyridine rings is 1. The summed E-state index contributed by atoms with van der Waals surface area (Å²) in [5, 5.41) is 18.0. The summed E-state index contributed by atoms with van der Waals surface area (Å²) in [6.07, 6.45) is 5.29. The minimum Gasteiger partial charge on any atom is -0.393 e. The molecule has 21 heavy (non-hydrogen) atoms. The molecule has 0 saturated heterocycles. The van der Waals surface area contributed by atoms with Crippen molar-refractivity contribution >= 4 is 17.4 Å². The zero-order valence-electron chi connectivity index (χ0n) is 12.0. The van der Waals surface area contributed by atoms with Gasteiger partial charge in [0.1, 0.15) is 5.82 Å². The van der Waals surface area contributed by atoms with Crippen LogP contribution in [0, 0.1) is 6.92 Å². The van der Waals surface area contributed by atoms with Gasteiger partial charge in [0.05, 0.1) is 11.8 Å². The normalized spacial score (nSPS) is 22.2. The molecule has 0 spiro atoms. The fourth-order valence-electron chi connectivity index (χ4n) is 2.65. The maximum atomic E-state index is 9.56. The van der Waals surface area contributed by atoms with Gasteiger partial charge in [0.2, 0.25) is 0 Å². The van der Waals surface area contributed by atoms with Gasteiger partial charge in [-0.05, 0) is 44.7 Å². The second kappa shape index (κ2) is 6.03. The van der Waals surface area contributed by atoms with Crippen LogP contribution in [-0.4, -0.2) is 32.0 Å². The minimum absolute atomic E-state index is 0.155. The van der Waals surface area contributed by atoms with E-state index in [-0.39, 0.29) is 6.10 Å². The topological polar surface area (TPSA) is 63.0 Å². The van der Waals surface area contributed by atoms with Gasteiger partial charge in [0, 0.05) is 23.3 Å². The molecular weight excluding hydrogens is 288 g/mol. The van der Waals surface area contributed by atoms with Crippen LogP contribution in [0.25, 0.3) is 5.82 Å². The Balaban J connectivity index is 1.78. The van der Waals surface area contributed by atoms with Crippen LogP contribution in [0.3, 0.4) is 0 Å². The number of hydrogen-bond donors (Lipinski definition) is 2. The SMILES string of the molecule is Cc1ccn(-c2cc(Cl)cc(NC3CCC(O)CC3)n2)n1. The molecule has 0 radical (unpaired) electrons. The molecular formula is C15H19ClN4O. The Hall–Kier alpha value is -1.59. The third kappa shape index (κ3) is 3.54. The monoisotopic (exact) mass is 306 g/mol. The number of nitrogens with zero attached hydrogens (tertiary/aromatic N) is 3. The molecule has 1 aliphatic rings. The summed E-state index contributed by atoms with van der Waals surface area (Å²) in [5.41, 5.74) is 0.938. The molecule has 0 bridgehead atoms. The lowest BCUT2D eigenvalue weighted by atomic mass is 9.93. The molecule has 3 rings (SSSR count).